The third-order valence-electron chi connectivity index (χ3n) is 3.65. The van der Waals surface area contributed by atoms with Gasteiger partial charge < -0.3 is 9.84 Å². The summed E-state index contributed by atoms with van der Waals surface area (Å²) >= 11 is 1.37. The number of carbonyl (C=O) groups is 1. The first-order chi connectivity index (χ1) is 13.5. The number of halogens is 6. The highest BCUT2D eigenvalue weighted by molar-refractivity contribution is 7.13. The predicted molar refractivity (Wildman–Crippen MR) is 91.0 cm³/mol. The zero-order valence-electron chi connectivity index (χ0n) is 14.3. The van der Waals surface area contributed by atoms with Crippen molar-refractivity contribution in [1.82, 2.24) is 10.1 Å². The van der Waals surface area contributed by atoms with Crippen LogP contribution in [0.15, 0.2) is 40.2 Å². The quantitative estimate of drug-likeness (QED) is 0.545. The van der Waals surface area contributed by atoms with E-state index in [1.807, 2.05) is 10.7 Å². The number of alkyl halides is 6. The number of carbonyl (C=O) groups excluding carboxylic acids is 1. The van der Waals surface area contributed by atoms with Gasteiger partial charge in [-0.15, -0.1) is 11.3 Å². The summed E-state index contributed by atoms with van der Waals surface area (Å²) in [5.41, 5.74) is -3.64. The average Bonchev–Trinajstić information content (AvgIpc) is 3.29. The summed E-state index contributed by atoms with van der Waals surface area (Å²) in [6.07, 6.45) is -10.3. The molecule has 5 nitrogen and oxygen atoms in total. The Bertz CT molecular complexity index is 963. The van der Waals surface area contributed by atoms with E-state index in [1.165, 1.54) is 11.3 Å². The number of amides is 1. The van der Waals surface area contributed by atoms with Crippen LogP contribution >= 0.6 is 11.3 Å². The first-order valence-electron chi connectivity index (χ1n) is 7.98. The van der Waals surface area contributed by atoms with Crippen molar-refractivity contribution in [2.75, 3.05) is 5.32 Å². The molecular weight excluding hydrogens is 424 g/mol. The molecule has 154 valence electrons. The van der Waals surface area contributed by atoms with Crippen LogP contribution in [0.4, 0.5) is 32.0 Å². The molecule has 0 spiro atoms. The molecule has 0 saturated heterocycles. The lowest BCUT2D eigenvalue weighted by atomic mass is 10.1. The fourth-order valence-electron chi connectivity index (χ4n) is 2.33. The summed E-state index contributed by atoms with van der Waals surface area (Å²) in [6, 6.07) is 4.41. The van der Waals surface area contributed by atoms with E-state index in [-0.39, 0.29) is 24.8 Å². The zero-order valence-corrected chi connectivity index (χ0v) is 15.1. The number of anilines is 1. The summed E-state index contributed by atoms with van der Waals surface area (Å²) < 4.78 is 82.1. The van der Waals surface area contributed by atoms with E-state index in [0.29, 0.717) is 18.0 Å². The summed E-state index contributed by atoms with van der Waals surface area (Å²) in [6.45, 7) is 0. The van der Waals surface area contributed by atoms with Gasteiger partial charge in [0.05, 0.1) is 16.0 Å². The smallest absolute Gasteiger partial charge is 0.339 e. The minimum absolute atomic E-state index is 0.0137. The molecule has 3 aromatic rings. The van der Waals surface area contributed by atoms with Gasteiger partial charge in [-0.1, -0.05) is 11.2 Å². The van der Waals surface area contributed by atoms with Crippen LogP contribution in [0.2, 0.25) is 0 Å². The first-order valence-corrected chi connectivity index (χ1v) is 8.86. The van der Waals surface area contributed by atoms with Crippen molar-refractivity contribution < 1.29 is 35.7 Å². The van der Waals surface area contributed by atoms with Crippen molar-refractivity contribution in [2.24, 2.45) is 0 Å². The minimum atomic E-state index is -5.00. The molecule has 1 aromatic carbocycles. The van der Waals surface area contributed by atoms with Crippen LogP contribution in [-0.4, -0.2) is 16.0 Å². The molecule has 0 aliphatic carbocycles. The van der Waals surface area contributed by atoms with Crippen LogP contribution in [0, 0.1) is 0 Å². The Kier molecular flexibility index (Phi) is 5.64. The van der Waals surface area contributed by atoms with Crippen LogP contribution in [0.1, 0.15) is 23.4 Å². The normalized spacial score (nSPS) is 12.2. The van der Waals surface area contributed by atoms with E-state index in [0.717, 1.165) is 4.88 Å². The Morgan fingerprint density at radius 3 is 2.28 bits per heavy atom. The Morgan fingerprint density at radius 2 is 1.72 bits per heavy atom. The van der Waals surface area contributed by atoms with Gasteiger partial charge in [-0.05, 0) is 29.6 Å². The van der Waals surface area contributed by atoms with E-state index >= 15 is 0 Å². The topological polar surface area (TPSA) is 68.0 Å². The third kappa shape index (κ3) is 5.34. The number of nitrogens with zero attached hydrogens (tertiary/aromatic N) is 2. The van der Waals surface area contributed by atoms with E-state index < -0.39 is 35.1 Å². The Morgan fingerprint density at radius 1 is 1.07 bits per heavy atom. The number of aryl methyl sites for hydroxylation is 1. The number of benzene rings is 1. The second kappa shape index (κ2) is 7.85. The van der Waals surface area contributed by atoms with Crippen molar-refractivity contribution in [3.63, 3.8) is 0 Å². The highest BCUT2D eigenvalue weighted by Gasteiger charge is 2.37. The maximum Gasteiger partial charge on any atom is 0.416 e. The van der Waals surface area contributed by atoms with E-state index in [1.54, 1.807) is 12.1 Å². The predicted octanol–water partition coefficient (Wildman–Crippen LogP) is 5.41. The van der Waals surface area contributed by atoms with Gasteiger partial charge in [0.1, 0.15) is 0 Å². The average molecular weight is 435 g/mol. The molecule has 2 aromatic heterocycles. The lowest BCUT2D eigenvalue weighted by Crippen LogP contribution is -2.16. The van der Waals surface area contributed by atoms with Crippen molar-refractivity contribution in [3.05, 3.63) is 52.7 Å². The highest BCUT2D eigenvalue weighted by atomic mass is 32.1. The molecule has 12 heteroatoms. The third-order valence-corrected chi connectivity index (χ3v) is 4.51. The Balaban J connectivity index is 1.68. The summed E-state index contributed by atoms with van der Waals surface area (Å²) in [4.78, 5) is 16.8. The lowest BCUT2D eigenvalue weighted by Gasteiger charge is -2.14. The lowest BCUT2D eigenvalue weighted by molar-refractivity contribution is -0.143. The number of aromatic nitrogens is 2. The molecule has 0 fully saturated rings. The number of hydrogen-bond acceptors (Lipinski definition) is 5. The second-order valence-corrected chi connectivity index (χ2v) is 6.78. The van der Waals surface area contributed by atoms with Crippen molar-refractivity contribution in [2.45, 2.75) is 25.2 Å². The van der Waals surface area contributed by atoms with Gasteiger partial charge in [0.15, 0.2) is 0 Å². The fourth-order valence-corrected chi connectivity index (χ4v) is 2.98. The van der Waals surface area contributed by atoms with E-state index in [4.69, 9.17) is 4.52 Å². The molecule has 0 radical (unpaired) electrons. The second-order valence-electron chi connectivity index (χ2n) is 5.83. The van der Waals surface area contributed by atoms with Crippen molar-refractivity contribution in [1.29, 1.82) is 0 Å². The van der Waals surface area contributed by atoms with Gasteiger partial charge in [0, 0.05) is 18.5 Å². The molecule has 2 heterocycles. The van der Waals surface area contributed by atoms with Crippen molar-refractivity contribution in [3.8, 4) is 10.7 Å². The van der Waals surface area contributed by atoms with Crippen molar-refractivity contribution >= 4 is 22.9 Å². The molecular formula is C17H11F6N3O2S. The van der Waals surface area contributed by atoms with E-state index in [2.05, 4.69) is 10.1 Å². The number of nitrogens with one attached hydrogen (secondary N) is 1. The molecule has 1 N–H and O–H groups in total. The molecule has 29 heavy (non-hydrogen) atoms. The van der Waals surface area contributed by atoms with Gasteiger partial charge in [-0.3, -0.25) is 4.79 Å². The standard InChI is InChI=1S/C17H11F6N3O2S/c18-16(19,20)9-6-10(17(21,22)23)8-11(7-9)24-13(27)3-4-14-25-15(26-28-14)12-2-1-5-29-12/h1-2,5-8H,3-4H2,(H,24,27). The molecule has 0 aliphatic rings. The maximum absolute atomic E-state index is 12.9. The summed E-state index contributed by atoms with van der Waals surface area (Å²) in [5.74, 6) is -0.361. The van der Waals surface area contributed by atoms with Crippen LogP contribution in [0.3, 0.4) is 0 Å². The minimum Gasteiger partial charge on any atom is -0.339 e. The number of rotatable bonds is 5. The van der Waals surface area contributed by atoms with Gasteiger partial charge in [0.2, 0.25) is 17.6 Å². The molecule has 0 atom stereocenters. The largest absolute Gasteiger partial charge is 0.416 e. The molecule has 1 amide bonds. The molecule has 0 bridgehead atoms. The van der Waals surface area contributed by atoms with Crippen LogP contribution in [0.5, 0.6) is 0 Å². The van der Waals surface area contributed by atoms with E-state index in [9.17, 15) is 31.1 Å². The Labute approximate surface area is 163 Å². The zero-order chi connectivity index (χ0) is 21.2. The van der Waals surface area contributed by atoms with Crippen LogP contribution < -0.4 is 5.32 Å². The first kappa shape index (κ1) is 20.8. The van der Waals surface area contributed by atoms with Gasteiger partial charge in [-0.2, -0.15) is 31.3 Å². The summed E-state index contributed by atoms with van der Waals surface area (Å²) in [7, 11) is 0. The number of hydrogen-bond donors (Lipinski definition) is 1. The maximum atomic E-state index is 12.9. The fraction of sp³-hybridized carbons (Fsp3) is 0.235. The molecule has 3 rings (SSSR count). The van der Waals surface area contributed by atoms with Crippen LogP contribution in [0.25, 0.3) is 10.7 Å². The highest BCUT2D eigenvalue weighted by Crippen LogP contribution is 2.37. The molecule has 0 saturated carbocycles. The summed E-state index contributed by atoms with van der Waals surface area (Å²) in [5, 5.41) is 7.59. The Hall–Kier alpha value is -2.89. The van der Waals surface area contributed by atoms with Gasteiger partial charge in [-0.25, -0.2) is 0 Å². The monoisotopic (exact) mass is 435 g/mol. The van der Waals surface area contributed by atoms with Crippen LogP contribution in [-0.2, 0) is 23.6 Å². The SMILES string of the molecule is O=C(CCc1nc(-c2cccs2)no1)Nc1cc(C(F)(F)F)cc(C(F)(F)F)c1. The molecule has 0 unspecified atom stereocenters. The van der Waals surface area contributed by atoms with Gasteiger partial charge >= 0.3 is 12.4 Å². The number of thiophene rings is 1. The van der Waals surface area contributed by atoms with Gasteiger partial charge in [0.25, 0.3) is 0 Å². The molecule has 0 aliphatic heterocycles.